The average molecular weight is 471 g/mol. The van der Waals surface area contributed by atoms with Gasteiger partial charge in [0.25, 0.3) is 5.91 Å². The van der Waals surface area contributed by atoms with Crippen molar-refractivity contribution in [2.75, 3.05) is 11.9 Å². The van der Waals surface area contributed by atoms with Gasteiger partial charge < -0.3 is 10.1 Å². The third-order valence-electron chi connectivity index (χ3n) is 4.27. The standard InChI is InChI=1S/C21H15F6N3O3/c1-12-10-17(31)18(29-30(12)16-5-3-2-4-15(16)21(25,26)27)19(32)28-13-6-8-14(9-7-13)33-11-20(22,23)24/h2-10H,11H2,1H3,(H,28,32). The van der Waals surface area contributed by atoms with E-state index < -0.39 is 41.6 Å². The first-order chi connectivity index (χ1) is 15.3. The molecule has 1 N–H and O–H groups in total. The summed E-state index contributed by atoms with van der Waals surface area (Å²) in [6.45, 7) is -0.131. The summed E-state index contributed by atoms with van der Waals surface area (Å²) in [6, 6.07) is 10.3. The van der Waals surface area contributed by atoms with Crippen molar-refractivity contribution in [1.29, 1.82) is 0 Å². The van der Waals surface area contributed by atoms with Crippen LogP contribution in [-0.4, -0.2) is 28.5 Å². The highest BCUT2D eigenvalue weighted by Gasteiger charge is 2.34. The van der Waals surface area contributed by atoms with Crippen LogP contribution in [0.5, 0.6) is 5.75 Å². The second kappa shape index (κ2) is 8.96. The monoisotopic (exact) mass is 471 g/mol. The summed E-state index contributed by atoms with van der Waals surface area (Å²) in [5, 5.41) is 6.16. The minimum Gasteiger partial charge on any atom is -0.484 e. The van der Waals surface area contributed by atoms with E-state index in [-0.39, 0.29) is 22.8 Å². The molecule has 3 aromatic rings. The summed E-state index contributed by atoms with van der Waals surface area (Å²) in [5.41, 5.74) is -2.71. The minimum absolute atomic E-state index is 0.0689. The van der Waals surface area contributed by atoms with Gasteiger partial charge in [-0.05, 0) is 43.3 Å². The highest BCUT2D eigenvalue weighted by molar-refractivity contribution is 6.02. The van der Waals surface area contributed by atoms with E-state index in [1.165, 1.54) is 43.3 Å². The molecule has 6 nitrogen and oxygen atoms in total. The molecule has 0 unspecified atom stereocenters. The van der Waals surface area contributed by atoms with Gasteiger partial charge in [0, 0.05) is 17.4 Å². The van der Waals surface area contributed by atoms with Gasteiger partial charge in [-0.15, -0.1) is 0 Å². The van der Waals surface area contributed by atoms with Crippen molar-refractivity contribution in [2.24, 2.45) is 0 Å². The quantitative estimate of drug-likeness (QED) is 0.545. The summed E-state index contributed by atoms with van der Waals surface area (Å²) >= 11 is 0. The van der Waals surface area contributed by atoms with E-state index in [1.807, 2.05) is 0 Å². The predicted molar refractivity (Wildman–Crippen MR) is 106 cm³/mol. The lowest BCUT2D eigenvalue weighted by Crippen LogP contribution is -2.27. The maximum Gasteiger partial charge on any atom is 0.422 e. The molecule has 1 aromatic heterocycles. The van der Waals surface area contributed by atoms with Crippen molar-refractivity contribution >= 4 is 11.6 Å². The zero-order chi connectivity index (χ0) is 24.4. The lowest BCUT2D eigenvalue weighted by atomic mass is 10.1. The molecule has 0 radical (unpaired) electrons. The van der Waals surface area contributed by atoms with E-state index in [4.69, 9.17) is 0 Å². The van der Waals surface area contributed by atoms with Gasteiger partial charge in [-0.3, -0.25) is 9.59 Å². The molecule has 0 atom stereocenters. The highest BCUT2D eigenvalue weighted by Crippen LogP contribution is 2.33. The molecule has 2 aromatic carbocycles. The van der Waals surface area contributed by atoms with Crippen molar-refractivity contribution < 1.29 is 35.9 Å². The molecule has 0 aliphatic rings. The number of carbonyl (C=O) groups excluding carboxylic acids is 1. The normalized spacial score (nSPS) is 11.8. The van der Waals surface area contributed by atoms with Crippen molar-refractivity contribution in [3.8, 4) is 11.4 Å². The van der Waals surface area contributed by atoms with Gasteiger partial charge in [0.15, 0.2) is 12.3 Å². The van der Waals surface area contributed by atoms with Crippen LogP contribution < -0.4 is 15.5 Å². The van der Waals surface area contributed by atoms with Gasteiger partial charge >= 0.3 is 12.4 Å². The number of alkyl halides is 6. The van der Waals surface area contributed by atoms with Crippen molar-refractivity contribution in [1.82, 2.24) is 9.78 Å². The van der Waals surface area contributed by atoms with Crippen molar-refractivity contribution in [3.05, 3.63) is 81.8 Å². The fourth-order valence-corrected chi connectivity index (χ4v) is 2.84. The van der Waals surface area contributed by atoms with E-state index in [1.54, 1.807) is 0 Å². The third-order valence-corrected chi connectivity index (χ3v) is 4.27. The number of nitrogens with one attached hydrogen (secondary N) is 1. The molecule has 1 heterocycles. The number of nitrogens with zero attached hydrogens (tertiary/aromatic N) is 2. The number of aromatic nitrogens is 2. The van der Waals surface area contributed by atoms with Crippen LogP contribution in [0.4, 0.5) is 32.0 Å². The SMILES string of the molecule is Cc1cc(=O)c(C(=O)Nc2ccc(OCC(F)(F)F)cc2)nn1-c1ccccc1C(F)(F)F. The number of amides is 1. The van der Waals surface area contributed by atoms with Crippen molar-refractivity contribution in [2.45, 2.75) is 19.3 Å². The van der Waals surface area contributed by atoms with Gasteiger partial charge in [0.1, 0.15) is 5.75 Å². The molecule has 0 saturated carbocycles. The second-order valence-corrected chi connectivity index (χ2v) is 6.81. The first kappa shape index (κ1) is 23.8. The maximum atomic E-state index is 13.4. The third kappa shape index (κ3) is 5.90. The Morgan fingerprint density at radius 1 is 1.03 bits per heavy atom. The lowest BCUT2D eigenvalue weighted by Gasteiger charge is -2.16. The number of aryl methyl sites for hydroxylation is 1. The minimum atomic E-state index is -4.70. The molecule has 0 bridgehead atoms. The molecule has 0 spiro atoms. The number of ether oxygens (including phenoxy) is 1. The number of halogens is 6. The number of anilines is 1. The Balaban J connectivity index is 1.88. The first-order valence-electron chi connectivity index (χ1n) is 9.24. The molecule has 3 rings (SSSR count). The van der Waals surface area contributed by atoms with Crippen LogP contribution in [0, 0.1) is 6.92 Å². The molecule has 0 saturated heterocycles. The number of carbonyl (C=O) groups is 1. The Morgan fingerprint density at radius 3 is 2.27 bits per heavy atom. The number of rotatable bonds is 5. The number of benzene rings is 2. The van der Waals surface area contributed by atoms with Crippen LogP contribution in [0.15, 0.2) is 59.4 Å². The summed E-state index contributed by atoms with van der Waals surface area (Å²) in [6.07, 6.45) is -9.22. The smallest absolute Gasteiger partial charge is 0.422 e. The van der Waals surface area contributed by atoms with Gasteiger partial charge in [-0.1, -0.05) is 12.1 Å². The number of para-hydroxylation sites is 1. The van der Waals surface area contributed by atoms with E-state index in [9.17, 15) is 35.9 Å². The molecule has 1 amide bonds. The van der Waals surface area contributed by atoms with Gasteiger partial charge in [-0.2, -0.15) is 31.4 Å². The van der Waals surface area contributed by atoms with Crippen LogP contribution >= 0.6 is 0 Å². The van der Waals surface area contributed by atoms with Crippen LogP contribution in [-0.2, 0) is 6.18 Å². The van der Waals surface area contributed by atoms with E-state index in [2.05, 4.69) is 15.2 Å². The Labute approximate surface area is 182 Å². The number of hydrogen-bond donors (Lipinski definition) is 1. The lowest BCUT2D eigenvalue weighted by molar-refractivity contribution is -0.153. The average Bonchev–Trinajstić information content (AvgIpc) is 2.72. The largest absolute Gasteiger partial charge is 0.484 e. The van der Waals surface area contributed by atoms with Gasteiger partial charge in [0.05, 0.1) is 11.3 Å². The molecule has 12 heteroatoms. The first-order valence-corrected chi connectivity index (χ1v) is 9.24. The Kier molecular flexibility index (Phi) is 6.47. The summed E-state index contributed by atoms with van der Waals surface area (Å²) < 4.78 is 82.2. The Morgan fingerprint density at radius 2 is 1.67 bits per heavy atom. The molecule has 174 valence electrons. The highest BCUT2D eigenvalue weighted by atomic mass is 19.4. The van der Waals surface area contributed by atoms with Crippen molar-refractivity contribution in [3.63, 3.8) is 0 Å². The predicted octanol–water partition coefficient (Wildman–Crippen LogP) is 4.75. The molecular weight excluding hydrogens is 456 g/mol. The molecular formula is C21H15F6N3O3. The molecule has 0 fully saturated rings. The van der Waals surface area contributed by atoms with Gasteiger partial charge in [0.2, 0.25) is 5.43 Å². The second-order valence-electron chi connectivity index (χ2n) is 6.81. The van der Waals surface area contributed by atoms with Crippen LogP contribution in [0.2, 0.25) is 0 Å². The summed E-state index contributed by atoms with van der Waals surface area (Å²) in [5.74, 6) is -1.12. The Hall–Kier alpha value is -3.83. The van der Waals surface area contributed by atoms with E-state index >= 15 is 0 Å². The fraction of sp³-hybridized carbons (Fsp3) is 0.190. The summed E-state index contributed by atoms with van der Waals surface area (Å²) in [7, 11) is 0. The topological polar surface area (TPSA) is 73.2 Å². The molecule has 33 heavy (non-hydrogen) atoms. The zero-order valence-corrected chi connectivity index (χ0v) is 16.8. The fourth-order valence-electron chi connectivity index (χ4n) is 2.84. The summed E-state index contributed by atoms with van der Waals surface area (Å²) in [4.78, 5) is 24.8. The molecule has 0 aliphatic carbocycles. The van der Waals surface area contributed by atoms with E-state index in [0.717, 1.165) is 22.9 Å². The van der Waals surface area contributed by atoms with Crippen LogP contribution in [0.1, 0.15) is 21.7 Å². The molecule has 0 aliphatic heterocycles. The Bertz CT molecular complexity index is 1220. The van der Waals surface area contributed by atoms with Gasteiger partial charge in [-0.25, -0.2) is 4.68 Å². The zero-order valence-electron chi connectivity index (χ0n) is 16.8. The van der Waals surface area contributed by atoms with Crippen LogP contribution in [0.3, 0.4) is 0 Å². The maximum absolute atomic E-state index is 13.4. The van der Waals surface area contributed by atoms with Crippen LogP contribution in [0.25, 0.3) is 5.69 Å². The van der Waals surface area contributed by atoms with E-state index in [0.29, 0.717) is 0 Å². The number of hydrogen-bond acceptors (Lipinski definition) is 4.